The van der Waals surface area contributed by atoms with Crippen LogP contribution in [-0.4, -0.2) is 40.1 Å². The number of amides is 2. The van der Waals surface area contributed by atoms with Gasteiger partial charge in [0.05, 0.1) is 12.7 Å². The van der Waals surface area contributed by atoms with Crippen molar-refractivity contribution in [3.05, 3.63) is 36.2 Å². The zero-order valence-electron chi connectivity index (χ0n) is 10.9. The van der Waals surface area contributed by atoms with Crippen LogP contribution in [0, 0.1) is 0 Å². The van der Waals surface area contributed by atoms with Gasteiger partial charge in [0, 0.05) is 5.69 Å². The first-order chi connectivity index (χ1) is 10.1. The monoisotopic (exact) mass is 289 g/mol. The molecule has 2 aromatic rings. The highest BCUT2D eigenvalue weighted by molar-refractivity contribution is 6.43. The molecule has 21 heavy (non-hydrogen) atoms. The van der Waals surface area contributed by atoms with E-state index < -0.39 is 17.8 Å². The second-order valence-corrected chi connectivity index (χ2v) is 3.81. The molecule has 0 saturated heterocycles. The summed E-state index contributed by atoms with van der Waals surface area (Å²) in [7, 11) is 1.27. The molecule has 9 nitrogen and oxygen atoms in total. The normalized spacial score (nSPS) is 9.76. The number of H-pyrrole nitrogens is 1. The number of esters is 1. The van der Waals surface area contributed by atoms with Crippen LogP contribution in [0.5, 0.6) is 0 Å². The minimum Gasteiger partial charge on any atom is -0.465 e. The van der Waals surface area contributed by atoms with Gasteiger partial charge in [0.2, 0.25) is 5.95 Å². The van der Waals surface area contributed by atoms with E-state index in [1.165, 1.54) is 37.7 Å². The SMILES string of the molecule is COC(=O)c1ccc(NC(=O)C(=O)Nc2ncn[nH]2)cc1. The Kier molecular flexibility index (Phi) is 4.24. The van der Waals surface area contributed by atoms with Gasteiger partial charge in [0.25, 0.3) is 0 Å². The molecule has 1 aromatic heterocycles. The second-order valence-electron chi connectivity index (χ2n) is 3.81. The van der Waals surface area contributed by atoms with E-state index in [0.717, 1.165) is 0 Å². The molecule has 9 heteroatoms. The van der Waals surface area contributed by atoms with Crippen molar-refractivity contribution in [1.82, 2.24) is 15.2 Å². The number of carbonyl (C=O) groups is 3. The maximum atomic E-state index is 11.6. The third-order valence-electron chi connectivity index (χ3n) is 2.42. The highest BCUT2D eigenvalue weighted by atomic mass is 16.5. The van der Waals surface area contributed by atoms with E-state index in [0.29, 0.717) is 11.3 Å². The summed E-state index contributed by atoms with van der Waals surface area (Å²) in [5.74, 6) is -2.20. The summed E-state index contributed by atoms with van der Waals surface area (Å²) in [5, 5.41) is 10.5. The molecule has 1 aromatic carbocycles. The van der Waals surface area contributed by atoms with E-state index in [4.69, 9.17) is 0 Å². The highest BCUT2D eigenvalue weighted by Crippen LogP contribution is 2.10. The molecule has 0 aliphatic rings. The minimum atomic E-state index is -0.899. The van der Waals surface area contributed by atoms with Gasteiger partial charge < -0.3 is 10.1 Å². The molecule has 0 saturated carbocycles. The third kappa shape index (κ3) is 3.62. The number of nitrogens with zero attached hydrogens (tertiary/aromatic N) is 2. The summed E-state index contributed by atoms with van der Waals surface area (Å²) >= 11 is 0. The largest absolute Gasteiger partial charge is 0.465 e. The van der Waals surface area contributed by atoms with E-state index in [-0.39, 0.29) is 5.95 Å². The maximum Gasteiger partial charge on any atom is 0.337 e. The van der Waals surface area contributed by atoms with E-state index in [1.807, 2.05) is 0 Å². The number of ether oxygens (including phenoxy) is 1. The van der Waals surface area contributed by atoms with Gasteiger partial charge in [0.15, 0.2) is 0 Å². The summed E-state index contributed by atoms with van der Waals surface area (Å²) in [4.78, 5) is 38.1. The van der Waals surface area contributed by atoms with Crippen LogP contribution in [0.15, 0.2) is 30.6 Å². The first-order valence-electron chi connectivity index (χ1n) is 5.76. The number of rotatable bonds is 3. The summed E-state index contributed by atoms with van der Waals surface area (Å²) < 4.78 is 4.55. The molecule has 0 aliphatic carbocycles. The van der Waals surface area contributed by atoms with Gasteiger partial charge >= 0.3 is 17.8 Å². The molecule has 3 N–H and O–H groups in total. The molecule has 0 bridgehead atoms. The fraction of sp³-hybridized carbons (Fsp3) is 0.0833. The number of aromatic nitrogens is 3. The Morgan fingerprint density at radius 3 is 2.33 bits per heavy atom. The van der Waals surface area contributed by atoms with Gasteiger partial charge in [-0.3, -0.25) is 14.9 Å². The second kappa shape index (κ2) is 6.28. The summed E-state index contributed by atoms with van der Waals surface area (Å²) in [6.45, 7) is 0. The van der Waals surface area contributed by atoms with Crippen LogP contribution >= 0.6 is 0 Å². The van der Waals surface area contributed by atoms with E-state index >= 15 is 0 Å². The lowest BCUT2D eigenvalue weighted by Crippen LogP contribution is -2.29. The Morgan fingerprint density at radius 1 is 1.10 bits per heavy atom. The molecule has 0 radical (unpaired) electrons. The van der Waals surface area contributed by atoms with Crippen molar-refractivity contribution < 1.29 is 19.1 Å². The standard InChI is InChI=1S/C12H11N5O4/c1-21-11(20)7-2-4-8(5-3-7)15-9(18)10(19)16-12-13-6-14-17-12/h2-6H,1H3,(H,15,18)(H2,13,14,16,17,19). The summed E-state index contributed by atoms with van der Waals surface area (Å²) in [6.07, 6.45) is 1.19. The van der Waals surface area contributed by atoms with Gasteiger partial charge in [-0.1, -0.05) is 0 Å². The number of anilines is 2. The predicted molar refractivity (Wildman–Crippen MR) is 71.4 cm³/mol. The van der Waals surface area contributed by atoms with Gasteiger partial charge in [-0.05, 0) is 24.3 Å². The number of methoxy groups -OCH3 is 1. The number of hydrogen-bond donors (Lipinski definition) is 3. The molecular formula is C12H11N5O4. The van der Waals surface area contributed by atoms with E-state index in [9.17, 15) is 14.4 Å². The summed E-state index contributed by atoms with van der Waals surface area (Å²) in [6, 6.07) is 5.89. The van der Waals surface area contributed by atoms with E-state index in [2.05, 4.69) is 30.6 Å². The fourth-order valence-electron chi connectivity index (χ4n) is 1.43. The Bertz CT molecular complexity index is 651. The van der Waals surface area contributed by atoms with Gasteiger partial charge in [-0.2, -0.15) is 10.1 Å². The Labute approximate surface area is 118 Å². The van der Waals surface area contributed by atoms with Crippen molar-refractivity contribution in [1.29, 1.82) is 0 Å². The van der Waals surface area contributed by atoms with Crippen LogP contribution in [0.1, 0.15) is 10.4 Å². The van der Waals surface area contributed by atoms with Crippen LogP contribution in [0.3, 0.4) is 0 Å². The van der Waals surface area contributed by atoms with Gasteiger partial charge in [0.1, 0.15) is 6.33 Å². The van der Waals surface area contributed by atoms with Crippen molar-refractivity contribution in [2.75, 3.05) is 17.7 Å². The van der Waals surface area contributed by atoms with Gasteiger partial charge in [-0.25, -0.2) is 9.89 Å². The van der Waals surface area contributed by atoms with Crippen LogP contribution in [0.2, 0.25) is 0 Å². The lowest BCUT2D eigenvalue weighted by molar-refractivity contribution is -0.133. The zero-order chi connectivity index (χ0) is 15.2. The Morgan fingerprint density at radius 2 is 1.76 bits per heavy atom. The molecule has 1 heterocycles. The fourth-order valence-corrected chi connectivity index (χ4v) is 1.43. The molecule has 0 unspecified atom stereocenters. The number of nitrogens with one attached hydrogen (secondary N) is 3. The molecule has 0 aliphatic heterocycles. The Hall–Kier alpha value is -3.23. The molecule has 2 amide bonds. The number of benzene rings is 1. The minimum absolute atomic E-state index is 0.0659. The molecule has 108 valence electrons. The highest BCUT2D eigenvalue weighted by Gasteiger charge is 2.15. The van der Waals surface area contributed by atoms with Crippen molar-refractivity contribution in [2.45, 2.75) is 0 Å². The first kappa shape index (κ1) is 14.2. The average molecular weight is 289 g/mol. The molecular weight excluding hydrogens is 278 g/mol. The molecule has 0 fully saturated rings. The lowest BCUT2D eigenvalue weighted by atomic mass is 10.2. The average Bonchev–Trinajstić information content (AvgIpc) is 3.00. The van der Waals surface area contributed by atoms with Crippen molar-refractivity contribution in [3.63, 3.8) is 0 Å². The zero-order valence-corrected chi connectivity index (χ0v) is 10.9. The lowest BCUT2D eigenvalue weighted by Gasteiger charge is -2.05. The van der Waals surface area contributed by atoms with Crippen LogP contribution in [-0.2, 0) is 14.3 Å². The smallest absolute Gasteiger partial charge is 0.337 e. The maximum absolute atomic E-state index is 11.6. The topological polar surface area (TPSA) is 126 Å². The number of carbonyl (C=O) groups excluding carboxylic acids is 3. The molecule has 0 spiro atoms. The van der Waals surface area contributed by atoms with Crippen molar-refractivity contribution in [3.8, 4) is 0 Å². The van der Waals surface area contributed by atoms with Crippen LogP contribution in [0.4, 0.5) is 11.6 Å². The first-order valence-corrected chi connectivity index (χ1v) is 5.76. The van der Waals surface area contributed by atoms with Gasteiger partial charge in [-0.15, -0.1) is 0 Å². The van der Waals surface area contributed by atoms with Crippen molar-refractivity contribution in [2.24, 2.45) is 0 Å². The van der Waals surface area contributed by atoms with Crippen molar-refractivity contribution >= 4 is 29.4 Å². The molecule has 2 rings (SSSR count). The predicted octanol–water partition coefficient (Wildman–Crippen LogP) is 0.168. The molecule has 0 atom stereocenters. The number of aromatic amines is 1. The number of hydrogen-bond acceptors (Lipinski definition) is 6. The summed E-state index contributed by atoms with van der Waals surface area (Å²) in [5.41, 5.74) is 0.696. The van der Waals surface area contributed by atoms with Crippen LogP contribution < -0.4 is 10.6 Å². The quantitative estimate of drug-likeness (QED) is 0.546. The van der Waals surface area contributed by atoms with E-state index in [1.54, 1.807) is 0 Å². The van der Waals surface area contributed by atoms with Crippen LogP contribution in [0.25, 0.3) is 0 Å². The Balaban J connectivity index is 1.96. The third-order valence-corrected chi connectivity index (χ3v) is 2.42.